The van der Waals surface area contributed by atoms with Crippen LogP contribution in [0, 0.1) is 0 Å². The second-order valence-corrected chi connectivity index (χ2v) is 6.17. The van der Waals surface area contributed by atoms with Crippen molar-refractivity contribution in [3.8, 4) is 0 Å². The Bertz CT molecular complexity index is 353. The van der Waals surface area contributed by atoms with Gasteiger partial charge in [0.1, 0.15) is 6.04 Å². The van der Waals surface area contributed by atoms with Crippen molar-refractivity contribution >= 4 is 11.8 Å². The molecule has 0 bridgehead atoms. The molecule has 20 heavy (non-hydrogen) atoms. The number of nitrogens with zero attached hydrogens (tertiary/aromatic N) is 1. The third-order valence-corrected chi connectivity index (χ3v) is 4.33. The highest BCUT2D eigenvalue weighted by atomic mass is 16.2. The van der Waals surface area contributed by atoms with Crippen LogP contribution in [0.1, 0.15) is 52.4 Å². The first-order valence-corrected chi connectivity index (χ1v) is 7.93. The Balaban J connectivity index is 1.81. The Labute approximate surface area is 121 Å². The number of piperidine rings is 2. The highest BCUT2D eigenvalue weighted by Crippen LogP contribution is 2.13. The Hall–Kier alpha value is -1.10. The van der Waals surface area contributed by atoms with Crippen LogP contribution < -0.4 is 10.6 Å². The average molecular weight is 281 g/mol. The molecule has 0 aromatic heterocycles. The van der Waals surface area contributed by atoms with Crippen molar-refractivity contribution in [1.82, 2.24) is 15.5 Å². The third kappa shape index (κ3) is 3.95. The summed E-state index contributed by atoms with van der Waals surface area (Å²) in [5, 5.41) is 6.18. The number of amides is 2. The zero-order valence-corrected chi connectivity index (χ0v) is 12.7. The molecule has 0 aliphatic carbocycles. The highest BCUT2D eigenvalue weighted by molar-refractivity contribution is 5.89. The van der Waals surface area contributed by atoms with Gasteiger partial charge in [-0.05, 0) is 52.4 Å². The molecule has 0 saturated carbocycles. The zero-order chi connectivity index (χ0) is 14.5. The van der Waals surface area contributed by atoms with Crippen LogP contribution in [0.3, 0.4) is 0 Å². The van der Waals surface area contributed by atoms with E-state index in [1.807, 2.05) is 4.90 Å². The van der Waals surface area contributed by atoms with Crippen LogP contribution in [-0.2, 0) is 9.59 Å². The lowest BCUT2D eigenvalue weighted by atomic mass is 9.99. The predicted molar refractivity (Wildman–Crippen MR) is 78.3 cm³/mol. The van der Waals surface area contributed by atoms with E-state index in [4.69, 9.17) is 0 Å². The molecule has 2 aliphatic heterocycles. The minimum atomic E-state index is -0.417. The van der Waals surface area contributed by atoms with Crippen LogP contribution in [0.15, 0.2) is 0 Å². The lowest BCUT2D eigenvalue weighted by Gasteiger charge is -2.31. The van der Waals surface area contributed by atoms with Crippen molar-refractivity contribution in [2.75, 3.05) is 13.1 Å². The van der Waals surface area contributed by atoms with E-state index in [9.17, 15) is 9.59 Å². The maximum Gasteiger partial charge on any atom is 0.244 e. The normalized spacial score (nSPS) is 28.8. The first-order valence-electron chi connectivity index (χ1n) is 7.93. The molecule has 114 valence electrons. The SMILES string of the molecule is CC1CCCC(C(=O)NC(C)C(=O)N2CCCCC2)N1. The van der Waals surface area contributed by atoms with Crippen molar-refractivity contribution < 1.29 is 9.59 Å². The molecule has 0 spiro atoms. The van der Waals surface area contributed by atoms with E-state index in [1.165, 1.54) is 6.42 Å². The fraction of sp³-hybridized carbons (Fsp3) is 0.867. The van der Waals surface area contributed by atoms with E-state index in [0.29, 0.717) is 6.04 Å². The number of hydrogen-bond acceptors (Lipinski definition) is 3. The molecule has 0 aromatic rings. The van der Waals surface area contributed by atoms with Gasteiger partial charge in [-0.1, -0.05) is 0 Å². The predicted octanol–water partition coefficient (Wildman–Crippen LogP) is 1.03. The molecule has 0 aromatic carbocycles. The topological polar surface area (TPSA) is 61.4 Å². The summed E-state index contributed by atoms with van der Waals surface area (Å²) in [6.07, 6.45) is 6.41. The molecule has 2 saturated heterocycles. The molecule has 5 nitrogen and oxygen atoms in total. The van der Waals surface area contributed by atoms with E-state index in [0.717, 1.165) is 45.2 Å². The Morgan fingerprint density at radius 2 is 1.85 bits per heavy atom. The average Bonchev–Trinajstić information content (AvgIpc) is 2.47. The van der Waals surface area contributed by atoms with Gasteiger partial charge >= 0.3 is 0 Å². The molecule has 3 unspecified atom stereocenters. The summed E-state index contributed by atoms with van der Waals surface area (Å²) in [6.45, 7) is 5.55. The molecule has 2 aliphatic rings. The molecular weight excluding hydrogens is 254 g/mol. The van der Waals surface area contributed by atoms with Gasteiger partial charge in [-0.25, -0.2) is 0 Å². The van der Waals surface area contributed by atoms with Gasteiger partial charge in [0.15, 0.2) is 0 Å². The second kappa shape index (κ2) is 7.07. The van der Waals surface area contributed by atoms with Crippen LogP contribution in [0.2, 0.25) is 0 Å². The van der Waals surface area contributed by atoms with Crippen molar-refractivity contribution in [3.05, 3.63) is 0 Å². The third-order valence-electron chi connectivity index (χ3n) is 4.33. The van der Waals surface area contributed by atoms with Gasteiger partial charge in [0, 0.05) is 19.1 Å². The van der Waals surface area contributed by atoms with E-state index >= 15 is 0 Å². The van der Waals surface area contributed by atoms with E-state index in [-0.39, 0.29) is 17.9 Å². The molecule has 2 amide bonds. The summed E-state index contributed by atoms with van der Waals surface area (Å²) in [5.41, 5.74) is 0. The van der Waals surface area contributed by atoms with Crippen LogP contribution in [0.25, 0.3) is 0 Å². The molecule has 2 fully saturated rings. The number of nitrogens with one attached hydrogen (secondary N) is 2. The summed E-state index contributed by atoms with van der Waals surface area (Å²) in [6, 6.07) is -0.178. The summed E-state index contributed by atoms with van der Waals surface area (Å²) in [4.78, 5) is 26.3. The van der Waals surface area contributed by atoms with Gasteiger partial charge in [0.05, 0.1) is 6.04 Å². The van der Waals surface area contributed by atoms with Crippen LogP contribution in [0.4, 0.5) is 0 Å². The summed E-state index contributed by atoms with van der Waals surface area (Å²) in [7, 11) is 0. The first-order chi connectivity index (χ1) is 9.58. The maximum atomic E-state index is 12.3. The second-order valence-electron chi connectivity index (χ2n) is 6.17. The van der Waals surface area contributed by atoms with E-state index in [2.05, 4.69) is 17.6 Å². The maximum absolute atomic E-state index is 12.3. The Morgan fingerprint density at radius 1 is 1.15 bits per heavy atom. The number of carbonyl (C=O) groups is 2. The largest absolute Gasteiger partial charge is 0.343 e. The molecule has 2 N–H and O–H groups in total. The van der Waals surface area contributed by atoms with Gasteiger partial charge < -0.3 is 15.5 Å². The number of likely N-dealkylation sites (tertiary alicyclic amines) is 1. The number of rotatable bonds is 3. The molecule has 5 heteroatoms. The van der Waals surface area contributed by atoms with Crippen LogP contribution in [0.5, 0.6) is 0 Å². The van der Waals surface area contributed by atoms with Crippen LogP contribution in [-0.4, -0.2) is 47.9 Å². The molecule has 2 rings (SSSR count). The minimum Gasteiger partial charge on any atom is -0.343 e. The van der Waals surface area contributed by atoms with E-state index in [1.54, 1.807) is 6.92 Å². The molecular formula is C15H27N3O2. The van der Waals surface area contributed by atoms with E-state index < -0.39 is 6.04 Å². The number of carbonyl (C=O) groups excluding carboxylic acids is 2. The smallest absolute Gasteiger partial charge is 0.244 e. The zero-order valence-electron chi connectivity index (χ0n) is 12.7. The molecule has 2 heterocycles. The van der Waals surface area contributed by atoms with Crippen molar-refractivity contribution in [3.63, 3.8) is 0 Å². The standard InChI is InChI=1S/C15H27N3O2/c1-11-7-6-8-13(16-11)14(19)17-12(2)15(20)18-9-4-3-5-10-18/h11-13,16H,3-10H2,1-2H3,(H,17,19). The molecule has 3 atom stereocenters. The fourth-order valence-corrected chi connectivity index (χ4v) is 3.11. The summed E-state index contributed by atoms with van der Waals surface area (Å²) in [5.74, 6) is 0.0244. The molecule has 0 radical (unpaired) electrons. The van der Waals surface area contributed by atoms with Gasteiger partial charge in [0.25, 0.3) is 0 Å². The number of hydrogen-bond donors (Lipinski definition) is 2. The highest BCUT2D eigenvalue weighted by Gasteiger charge is 2.28. The monoisotopic (exact) mass is 281 g/mol. The van der Waals surface area contributed by atoms with Crippen molar-refractivity contribution in [2.45, 2.75) is 70.5 Å². The summed E-state index contributed by atoms with van der Waals surface area (Å²) < 4.78 is 0. The quantitative estimate of drug-likeness (QED) is 0.812. The Morgan fingerprint density at radius 3 is 2.50 bits per heavy atom. The minimum absolute atomic E-state index is 0.0330. The van der Waals surface area contributed by atoms with Gasteiger partial charge in [-0.2, -0.15) is 0 Å². The van der Waals surface area contributed by atoms with Crippen LogP contribution >= 0.6 is 0 Å². The van der Waals surface area contributed by atoms with Crippen molar-refractivity contribution in [1.29, 1.82) is 0 Å². The van der Waals surface area contributed by atoms with Gasteiger partial charge in [-0.3, -0.25) is 9.59 Å². The fourth-order valence-electron chi connectivity index (χ4n) is 3.11. The lowest BCUT2D eigenvalue weighted by molar-refractivity contribution is -0.137. The van der Waals surface area contributed by atoms with Gasteiger partial charge in [0.2, 0.25) is 11.8 Å². The lowest BCUT2D eigenvalue weighted by Crippen LogP contribution is -2.55. The Kier molecular flexibility index (Phi) is 5.40. The summed E-state index contributed by atoms with van der Waals surface area (Å²) >= 11 is 0. The van der Waals surface area contributed by atoms with Gasteiger partial charge in [-0.15, -0.1) is 0 Å². The first kappa shape index (κ1) is 15.3. The van der Waals surface area contributed by atoms with Crippen molar-refractivity contribution in [2.24, 2.45) is 0 Å².